The number of anilines is 1. The number of nitrogens with zero attached hydrogens (tertiary/aromatic N) is 4. The molecule has 0 aromatic carbocycles. The van der Waals surface area contributed by atoms with Gasteiger partial charge < -0.3 is 5.32 Å². The molecule has 0 bridgehead atoms. The van der Waals surface area contributed by atoms with E-state index in [-0.39, 0.29) is 0 Å². The van der Waals surface area contributed by atoms with Crippen molar-refractivity contribution < 1.29 is 0 Å². The van der Waals surface area contributed by atoms with Crippen molar-refractivity contribution in [2.45, 2.75) is 6.42 Å². The Bertz CT molecular complexity index is 415. The van der Waals surface area contributed by atoms with Crippen LogP contribution in [0, 0.1) is 0 Å². The van der Waals surface area contributed by atoms with Crippen molar-refractivity contribution in [3.63, 3.8) is 0 Å². The first-order valence-electron chi connectivity index (χ1n) is 4.41. The van der Waals surface area contributed by atoms with E-state index in [4.69, 9.17) is 11.6 Å². The van der Waals surface area contributed by atoms with Crippen molar-refractivity contribution in [2.24, 2.45) is 0 Å². The van der Waals surface area contributed by atoms with Crippen molar-refractivity contribution in [1.82, 2.24) is 25.1 Å². The fraction of sp³-hybridized carbons (Fsp3) is 0.250. The Balaban J connectivity index is 1.86. The zero-order valence-corrected chi connectivity index (χ0v) is 8.57. The predicted octanol–water partition coefficient (Wildman–Crippen LogP) is 0.903. The van der Waals surface area contributed by atoms with Crippen LogP contribution in [-0.4, -0.2) is 31.7 Å². The van der Waals surface area contributed by atoms with Gasteiger partial charge in [0.2, 0.25) is 0 Å². The van der Waals surface area contributed by atoms with Crippen molar-refractivity contribution in [3.8, 4) is 0 Å². The molecule has 2 heterocycles. The first-order valence-corrected chi connectivity index (χ1v) is 4.78. The van der Waals surface area contributed by atoms with Crippen molar-refractivity contribution in [1.29, 1.82) is 0 Å². The number of hydrogen-bond donors (Lipinski definition) is 2. The molecule has 0 aliphatic heterocycles. The van der Waals surface area contributed by atoms with E-state index < -0.39 is 0 Å². The Morgan fingerprint density at radius 3 is 2.87 bits per heavy atom. The van der Waals surface area contributed by atoms with Gasteiger partial charge in [0.25, 0.3) is 0 Å². The fourth-order valence-electron chi connectivity index (χ4n) is 1.09. The molecular formula is C8H9ClN6. The largest absolute Gasteiger partial charge is 0.367 e. The van der Waals surface area contributed by atoms with Gasteiger partial charge in [-0.1, -0.05) is 11.6 Å². The lowest BCUT2D eigenvalue weighted by molar-refractivity contribution is 0.896. The lowest BCUT2D eigenvalue weighted by Crippen LogP contribution is -2.08. The number of H-pyrrole nitrogens is 1. The van der Waals surface area contributed by atoms with E-state index in [9.17, 15) is 0 Å². The second kappa shape index (κ2) is 4.70. The molecule has 0 amide bonds. The van der Waals surface area contributed by atoms with Crippen LogP contribution in [0.1, 0.15) is 5.82 Å². The monoisotopic (exact) mass is 224 g/mol. The molecule has 6 nitrogen and oxygen atoms in total. The van der Waals surface area contributed by atoms with E-state index >= 15 is 0 Å². The van der Waals surface area contributed by atoms with Crippen LogP contribution < -0.4 is 5.32 Å². The summed E-state index contributed by atoms with van der Waals surface area (Å²) in [5.41, 5.74) is 0. The lowest BCUT2D eigenvalue weighted by Gasteiger charge is -2.04. The normalized spacial score (nSPS) is 10.2. The summed E-state index contributed by atoms with van der Waals surface area (Å²) in [6.45, 7) is 0.674. The summed E-state index contributed by atoms with van der Waals surface area (Å²) >= 11 is 5.81. The van der Waals surface area contributed by atoms with Gasteiger partial charge in [0.15, 0.2) is 11.0 Å². The summed E-state index contributed by atoms with van der Waals surface area (Å²) in [5.74, 6) is 1.40. The summed E-state index contributed by atoms with van der Waals surface area (Å²) < 4.78 is 0. The third-order valence-electron chi connectivity index (χ3n) is 1.77. The molecule has 0 saturated heterocycles. The fourth-order valence-corrected chi connectivity index (χ4v) is 1.26. The highest BCUT2D eigenvalue weighted by atomic mass is 35.5. The Morgan fingerprint density at radius 2 is 2.13 bits per heavy atom. The second-order valence-electron chi connectivity index (χ2n) is 2.80. The third-order valence-corrected chi connectivity index (χ3v) is 2.05. The lowest BCUT2D eigenvalue weighted by atomic mass is 10.4. The Hall–Kier alpha value is -1.69. The van der Waals surface area contributed by atoms with Crippen LogP contribution in [0.2, 0.25) is 5.15 Å². The average Bonchev–Trinajstić information content (AvgIpc) is 2.74. The molecule has 7 heteroatoms. The van der Waals surface area contributed by atoms with Gasteiger partial charge >= 0.3 is 0 Å². The maximum atomic E-state index is 5.81. The summed E-state index contributed by atoms with van der Waals surface area (Å²) in [5, 5.41) is 9.94. The van der Waals surface area contributed by atoms with Crippen LogP contribution in [0.3, 0.4) is 0 Å². The predicted molar refractivity (Wildman–Crippen MR) is 55.6 cm³/mol. The van der Waals surface area contributed by atoms with Gasteiger partial charge in [-0.15, -0.1) is 0 Å². The first kappa shape index (κ1) is 9.85. The van der Waals surface area contributed by atoms with Crippen LogP contribution in [0.5, 0.6) is 0 Å². The molecule has 2 rings (SSSR count). The first-order chi connectivity index (χ1) is 7.36. The van der Waals surface area contributed by atoms with E-state index in [0.29, 0.717) is 17.5 Å². The number of nitrogens with one attached hydrogen (secondary N) is 2. The zero-order chi connectivity index (χ0) is 10.5. The minimum absolute atomic E-state index is 0.370. The molecule has 0 radical (unpaired) electrons. The molecule has 0 aliphatic rings. The summed E-state index contributed by atoms with van der Waals surface area (Å²) in [6.07, 6.45) is 5.34. The molecule has 0 fully saturated rings. The van der Waals surface area contributed by atoms with Crippen LogP contribution in [0.15, 0.2) is 18.7 Å². The molecule has 78 valence electrons. The highest BCUT2D eigenvalue weighted by Gasteiger charge is 2.01. The van der Waals surface area contributed by atoms with Crippen molar-refractivity contribution in [2.75, 3.05) is 11.9 Å². The topological polar surface area (TPSA) is 79.4 Å². The summed E-state index contributed by atoms with van der Waals surface area (Å²) in [7, 11) is 0. The maximum absolute atomic E-state index is 5.81. The minimum atomic E-state index is 0.370. The third kappa shape index (κ3) is 2.63. The zero-order valence-electron chi connectivity index (χ0n) is 7.81. The Morgan fingerprint density at radius 1 is 1.27 bits per heavy atom. The van der Waals surface area contributed by atoms with E-state index in [1.807, 2.05) is 0 Å². The SMILES string of the molecule is Clc1nccnc1NCCc1ncn[nH]1. The number of halogens is 1. The second-order valence-corrected chi connectivity index (χ2v) is 3.16. The van der Waals surface area contributed by atoms with Gasteiger partial charge in [0.1, 0.15) is 12.2 Å². The minimum Gasteiger partial charge on any atom is -0.367 e. The van der Waals surface area contributed by atoms with Gasteiger partial charge in [0, 0.05) is 25.4 Å². The number of hydrogen-bond acceptors (Lipinski definition) is 5. The molecule has 0 spiro atoms. The molecule has 0 unspecified atom stereocenters. The number of aromatic nitrogens is 5. The van der Waals surface area contributed by atoms with E-state index in [1.165, 1.54) is 6.33 Å². The van der Waals surface area contributed by atoms with E-state index in [1.54, 1.807) is 12.4 Å². The highest BCUT2D eigenvalue weighted by molar-refractivity contribution is 6.31. The summed E-state index contributed by atoms with van der Waals surface area (Å²) in [6, 6.07) is 0. The van der Waals surface area contributed by atoms with Gasteiger partial charge in [-0.25, -0.2) is 15.0 Å². The van der Waals surface area contributed by atoms with Gasteiger partial charge in [-0.05, 0) is 0 Å². The van der Waals surface area contributed by atoms with Crippen molar-refractivity contribution in [3.05, 3.63) is 29.7 Å². The molecule has 2 aromatic rings. The molecule has 0 aliphatic carbocycles. The van der Waals surface area contributed by atoms with Gasteiger partial charge in [-0.3, -0.25) is 5.10 Å². The average molecular weight is 225 g/mol. The Labute approximate surface area is 91.1 Å². The highest BCUT2D eigenvalue weighted by Crippen LogP contribution is 2.13. The van der Waals surface area contributed by atoms with Crippen molar-refractivity contribution >= 4 is 17.4 Å². The summed E-state index contributed by atoms with van der Waals surface area (Å²) in [4.78, 5) is 11.9. The smallest absolute Gasteiger partial charge is 0.171 e. The van der Waals surface area contributed by atoms with E-state index in [0.717, 1.165) is 12.2 Å². The van der Waals surface area contributed by atoms with Crippen LogP contribution >= 0.6 is 11.6 Å². The quantitative estimate of drug-likeness (QED) is 0.807. The van der Waals surface area contributed by atoms with Crippen LogP contribution in [0.4, 0.5) is 5.82 Å². The molecule has 2 aromatic heterocycles. The number of rotatable bonds is 4. The number of aromatic amines is 1. The molecule has 2 N–H and O–H groups in total. The maximum Gasteiger partial charge on any atom is 0.171 e. The molecule has 0 atom stereocenters. The molecule has 15 heavy (non-hydrogen) atoms. The van der Waals surface area contributed by atoms with E-state index in [2.05, 4.69) is 30.5 Å². The molecule has 0 saturated carbocycles. The van der Waals surface area contributed by atoms with Crippen LogP contribution in [0.25, 0.3) is 0 Å². The Kier molecular flexibility index (Phi) is 3.08. The standard InChI is InChI=1S/C8H9ClN6/c9-7-8(12-4-3-10-7)11-2-1-6-13-5-14-15-6/h3-5H,1-2H2,(H,11,12)(H,13,14,15). The van der Waals surface area contributed by atoms with Crippen LogP contribution in [-0.2, 0) is 6.42 Å². The van der Waals surface area contributed by atoms with Gasteiger partial charge in [-0.2, -0.15) is 5.10 Å². The molecular weight excluding hydrogens is 216 g/mol. The van der Waals surface area contributed by atoms with Gasteiger partial charge in [0.05, 0.1) is 0 Å².